The van der Waals surface area contributed by atoms with Gasteiger partial charge in [0.1, 0.15) is 16.7 Å². The molecule has 0 saturated heterocycles. The zero-order valence-electron chi connectivity index (χ0n) is 23.2. The Hall–Kier alpha value is -5.38. The highest BCUT2D eigenvalue weighted by atomic mass is 19.4. The number of unbranched alkanes of at least 4 members (excludes halogenated alkanes) is 1. The fraction of sp³-hybridized carbons (Fsp3) is 0.308. The molecule has 19 heteroatoms. The lowest BCUT2D eigenvalue weighted by molar-refractivity contribution is -0.193. The maximum atomic E-state index is 10.6. The summed E-state index contributed by atoms with van der Waals surface area (Å²) in [6.07, 6.45) is -6.75. The Bertz CT molecular complexity index is 1620. The highest BCUT2D eigenvalue weighted by Gasteiger charge is 2.38. The number of benzene rings is 1. The van der Waals surface area contributed by atoms with Crippen LogP contribution in [0.25, 0.3) is 22.6 Å². The van der Waals surface area contributed by atoms with Crippen molar-refractivity contribution < 1.29 is 55.5 Å². The van der Waals surface area contributed by atoms with E-state index in [4.69, 9.17) is 45.6 Å². The Kier molecular flexibility index (Phi) is 12.7. The van der Waals surface area contributed by atoms with E-state index in [1.807, 2.05) is 41.8 Å². The highest BCUT2D eigenvalue weighted by molar-refractivity contribution is 5.89. The first-order valence-electron chi connectivity index (χ1n) is 12.6. The molecule has 0 unspecified atom stereocenters. The van der Waals surface area contributed by atoms with Gasteiger partial charge in [0.2, 0.25) is 0 Å². The summed E-state index contributed by atoms with van der Waals surface area (Å²) in [5.41, 5.74) is 14.7. The molecule has 0 aliphatic heterocycles. The molecule has 3 aromatic heterocycles. The summed E-state index contributed by atoms with van der Waals surface area (Å²) >= 11 is 0. The van der Waals surface area contributed by atoms with E-state index in [0.717, 1.165) is 23.9 Å². The Morgan fingerprint density at radius 3 is 2.09 bits per heavy atom. The number of fused-ring (bicyclic) bond motifs is 1. The lowest BCUT2D eigenvalue weighted by atomic mass is 10.2. The van der Waals surface area contributed by atoms with Gasteiger partial charge in [-0.2, -0.15) is 26.3 Å². The molecule has 6 N–H and O–H groups in total. The molecule has 45 heavy (non-hydrogen) atoms. The SMILES string of the molecule is CCn1c(-c2nonc2N)nc2c(C#Cc3ccccc3)ncc(OCCCCN)c21.O=C(O)C(F)(F)F.O=C(O)C(F)(F)F. The molecule has 13 nitrogen and oxygen atoms in total. The molecule has 0 aliphatic rings. The molecule has 0 saturated carbocycles. The number of aromatic nitrogens is 5. The molecule has 3 heterocycles. The number of hydrogen-bond acceptors (Lipinski definition) is 10. The van der Waals surface area contributed by atoms with Gasteiger partial charge in [0.15, 0.2) is 23.1 Å². The largest absolute Gasteiger partial charge is 0.490 e. The molecule has 0 spiro atoms. The summed E-state index contributed by atoms with van der Waals surface area (Å²) in [7, 11) is 0. The molecular formula is C26H25F6N7O6. The van der Waals surface area contributed by atoms with Crippen LogP contribution >= 0.6 is 0 Å². The molecule has 0 fully saturated rings. The minimum absolute atomic E-state index is 0.167. The molecular weight excluding hydrogens is 620 g/mol. The van der Waals surface area contributed by atoms with E-state index in [1.165, 1.54) is 0 Å². The van der Waals surface area contributed by atoms with Crippen LogP contribution in [0.5, 0.6) is 5.75 Å². The summed E-state index contributed by atoms with van der Waals surface area (Å²) < 4.78 is 76.2. The number of anilines is 1. The molecule has 0 atom stereocenters. The quantitative estimate of drug-likeness (QED) is 0.128. The van der Waals surface area contributed by atoms with Crippen LogP contribution in [0.3, 0.4) is 0 Å². The van der Waals surface area contributed by atoms with Gasteiger partial charge in [0.25, 0.3) is 0 Å². The van der Waals surface area contributed by atoms with Crippen LogP contribution in [0.15, 0.2) is 41.2 Å². The molecule has 0 amide bonds. The second-order valence-electron chi connectivity index (χ2n) is 8.41. The fourth-order valence-corrected chi connectivity index (χ4v) is 3.23. The van der Waals surface area contributed by atoms with Crippen LogP contribution < -0.4 is 16.2 Å². The number of imidazole rings is 1. The van der Waals surface area contributed by atoms with Crippen molar-refractivity contribution in [3.8, 4) is 29.1 Å². The standard InChI is InChI=1S/C22H23N7O2.2C2HF3O2/c1-2-29-20-17(30-13-7-6-12-23)14-25-16(11-10-15-8-4-3-5-9-15)18(20)26-22(29)19-21(24)28-31-27-19;2*3-2(4,5)1(6)7/h3-5,8-9,14H,2,6-7,12-13,23H2,1H3,(H2,24,28);2*(H,6,7). The number of ether oxygens (including phenoxy) is 1. The predicted molar refractivity (Wildman–Crippen MR) is 144 cm³/mol. The van der Waals surface area contributed by atoms with Crippen molar-refractivity contribution in [2.24, 2.45) is 5.73 Å². The third-order valence-corrected chi connectivity index (χ3v) is 5.22. The maximum Gasteiger partial charge on any atom is 0.490 e. The number of aryl methyl sites for hydroxylation is 1. The number of rotatable bonds is 7. The topological polar surface area (TPSA) is 205 Å². The maximum absolute atomic E-state index is 10.6. The van der Waals surface area contributed by atoms with Gasteiger partial charge in [0, 0.05) is 12.1 Å². The second-order valence-corrected chi connectivity index (χ2v) is 8.41. The molecule has 4 rings (SSSR count). The number of nitrogen functional groups attached to an aromatic ring is 1. The number of halogens is 6. The summed E-state index contributed by atoms with van der Waals surface area (Å²) in [5.74, 6) is 2.07. The number of nitrogens with two attached hydrogens (primary N) is 2. The minimum atomic E-state index is -5.08. The lowest BCUT2D eigenvalue weighted by Crippen LogP contribution is -2.21. The third kappa shape index (κ3) is 10.4. The van der Waals surface area contributed by atoms with Crippen LogP contribution in [-0.2, 0) is 16.1 Å². The van der Waals surface area contributed by atoms with Crippen LogP contribution in [0.2, 0.25) is 0 Å². The van der Waals surface area contributed by atoms with Gasteiger partial charge in [-0.05, 0) is 54.7 Å². The van der Waals surface area contributed by atoms with E-state index < -0.39 is 24.3 Å². The van der Waals surface area contributed by atoms with Gasteiger partial charge < -0.3 is 31.0 Å². The van der Waals surface area contributed by atoms with E-state index in [0.29, 0.717) is 48.2 Å². The van der Waals surface area contributed by atoms with Gasteiger partial charge in [0.05, 0.1) is 12.8 Å². The van der Waals surface area contributed by atoms with Gasteiger partial charge in [-0.1, -0.05) is 24.1 Å². The molecule has 0 aliphatic carbocycles. The monoisotopic (exact) mass is 645 g/mol. The van der Waals surface area contributed by atoms with Crippen molar-refractivity contribution in [2.75, 3.05) is 18.9 Å². The van der Waals surface area contributed by atoms with Crippen molar-refractivity contribution >= 4 is 28.8 Å². The molecule has 242 valence electrons. The first kappa shape index (κ1) is 35.8. The average molecular weight is 646 g/mol. The number of carboxylic acid groups (broad SMARTS) is 2. The zero-order chi connectivity index (χ0) is 33.8. The molecule has 1 aromatic carbocycles. The van der Waals surface area contributed by atoms with Gasteiger partial charge >= 0.3 is 24.3 Å². The number of carbonyl (C=O) groups is 2. The van der Waals surface area contributed by atoms with Crippen LogP contribution in [0, 0.1) is 11.8 Å². The normalized spacial score (nSPS) is 10.9. The highest BCUT2D eigenvalue weighted by Crippen LogP contribution is 2.33. The predicted octanol–water partition coefficient (Wildman–Crippen LogP) is 3.87. The number of carboxylic acids is 2. The third-order valence-electron chi connectivity index (χ3n) is 5.22. The second kappa shape index (κ2) is 15.9. The van der Waals surface area contributed by atoms with Crippen molar-refractivity contribution in [3.63, 3.8) is 0 Å². The van der Waals surface area contributed by atoms with E-state index in [1.54, 1.807) is 6.20 Å². The number of pyridine rings is 1. The number of nitrogens with zero attached hydrogens (tertiary/aromatic N) is 5. The molecule has 0 bridgehead atoms. The Morgan fingerprint density at radius 2 is 1.60 bits per heavy atom. The zero-order valence-corrected chi connectivity index (χ0v) is 23.2. The van der Waals surface area contributed by atoms with E-state index in [-0.39, 0.29) is 5.82 Å². The average Bonchev–Trinajstić information content (AvgIpc) is 3.58. The fourth-order valence-electron chi connectivity index (χ4n) is 3.23. The summed E-state index contributed by atoms with van der Waals surface area (Å²) in [5, 5.41) is 21.9. The Labute approximate surface area is 249 Å². The van der Waals surface area contributed by atoms with E-state index in [2.05, 4.69) is 27.1 Å². The first-order chi connectivity index (χ1) is 21.1. The summed E-state index contributed by atoms with van der Waals surface area (Å²) in [6, 6.07) is 9.71. The minimum Gasteiger partial charge on any atom is -0.490 e. The Morgan fingerprint density at radius 1 is 1.00 bits per heavy atom. The van der Waals surface area contributed by atoms with Crippen molar-refractivity contribution in [2.45, 2.75) is 38.7 Å². The van der Waals surface area contributed by atoms with Crippen LogP contribution in [-0.4, -0.2) is 72.5 Å². The smallest absolute Gasteiger partial charge is 0.490 e. The van der Waals surface area contributed by atoms with E-state index in [9.17, 15) is 26.3 Å². The number of aliphatic carboxylic acids is 2. The van der Waals surface area contributed by atoms with Crippen molar-refractivity contribution in [1.29, 1.82) is 0 Å². The van der Waals surface area contributed by atoms with Crippen molar-refractivity contribution in [1.82, 2.24) is 24.8 Å². The van der Waals surface area contributed by atoms with Crippen molar-refractivity contribution in [3.05, 3.63) is 47.8 Å². The lowest BCUT2D eigenvalue weighted by Gasteiger charge is -2.10. The van der Waals surface area contributed by atoms with Gasteiger partial charge in [-0.3, -0.25) is 0 Å². The summed E-state index contributed by atoms with van der Waals surface area (Å²) in [4.78, 5) is 27.1. The summed E-state index contributed by atoms with van der Waals surface area (Å²) in [6.45, 7) is 3.76. The number of alkyl halides is 6. The Balaban J connectivity index is 0.000000421. The van der Waals surface area contributed by atoms with Gasteiger partial charge in [-0.25, -0.2) is 24.2 Å². The van der Waals surface area contributed by atoms with Gasteiger partial charge in [-0.15, -0.1) is 0 Å². The molecule has 0 radical (unpaired) electrons. The number of hydrogen-bond donors (Lipinski definition) is 4. The molecule has 4 aromatic rings. The first-order valence-corrected chi connectivity index (χ1v) is 12.6. The van der Waals surface area contributed by atoms with Crippen LogP contribution in [0.4, 0.5) is 32.2 Å². The van der Waals surface area contributed by atoms with Crippen LogP contribution in [0.1, 0.15) is 31.0 Å². The van der Waals surface area contributed by atoms with E-state index >= 15 is 0 Å².